The van der Waals surface area contributed by atoms with Crippen molar-refractivity contribution in [2.24, 2.45) is 23.2 Å². The van der Waals surface area contributed by atoms with Crippen molar-refractivity contribution in [1.82, 2.24) is 0 Å². The zero-order valence-corrected chi connectivity index (χ0v) is 12.3. The van der Waals surface area contributed by atoms with Gasteiger partial charge in [-0.2, -0.15) is 0 Å². The van der Waals surface area contributed by atoms with E-state index in [9.17, 15) is 0 Å². The van der Waals surface area contributed by atoms with Gasteiger partial charge in [-0.3, -0.25) is 0 Å². The zero-order valence-electron chi connectivity index (χ0n) is 12.3. The first-order valence-electron chi connectivity index (χ1n) is 8.13. The Bertz CT molecular complexity index is 314. The molecule has 108 valence electrons. The lowest BCUT2D eigenvalue weighted by Crippen LogP contribution is -2.45. The average molecular weight is 264 g/mol. The quantitative estimate of drug-likeness (QED) is 0.536. The van der Waals surface area contributed by atoms with Crippen molar-refractivity contribution in [1.29, 1.82) is 0 Å². The van der Waals surface area contributed by atoms with Crippen LogP contribution in [0, 0.1) is 23.2 Å². The maximum absolute atomic E-state index is 5.95. The van der Waals surface area contributed by atoms with E-state index in [2.05, 4.69) is 19.1 Å². The van der Waals surface area contributed by atoms with Crippen LogP contribution in [0.15, 0.2) is 12.2 Å². The second-order valence-corrected chi connectivity index (χ2v) is 6.95. The van der Waals surface area contributed by atoms with E-state index < -0.39 is 0 Å². The molecule has 0 aromatic rings. The fraction of sp³-hybridized carbons (Fsp3) is 0.882. The number of hydrogen-bond donors (Lipinski definition) is 0. The molecule has 0 spiro atoms. The predicted molar refractivity (Wildman–Crippen MR) is 77.1 cm³/mol. The Morgan fingerprint density at radius 3 is 2.95 bits per heavy atom. The Hall–Kier alpha value is -0.340. The summed E-state index contributed by atoms with van der Waals surface area (Å²) in [7, 11) is 0. The molecular formula is C17H28O2. The van der Waals surface area contributed by atoms with Crippen LogP contribution in [0.3, 0.4) is 0 Å². The first-order chi connectivity index (χ1) is 9.31. The standard InChI is InChI=1S/C17H28O2/c1-2-17(12-19-13-17)11-18-9-8-14-6-7-15-4-3-5-16(15)10-14/h3-4,14-16H,2,5-13H2,1H3. The minimum Gasteiger partial charge on any atom is -0.381 e. The van der Waals surface area contributed by atoms with Gasteiger partial charge in [-0.05, 0) is 56.3 Å². The molecule has 0 aromatic carbocycles. The van der Waals surface area contributed by atoms with Crippen LogP contribution < -0.4 is 0 Å². The summed E-state index contributed by atoms with van der Waals surface area (Å²) in [5.74, 6) is 2.78. The van der Waals surface area contributed by atoms with Gasteiger partial charge in [0.05, 0.1) is 19.8 Å². The van der Waals surface area contributed by atoms with Crippen molar-refractivity contribution in [2.45, 2.75) is 45.4 Å². The molecule has 19 heavy (non-hydrogen) atoms. The number of allylic oxidation sites excluding steroid dienone is 2. The van der Waals surface area contributed by atoms with Gasteiger partial charge in [-0.1, -0.05) is 19.1 Å². The molecular weight excluding hydrogens is 236 g/mol. The SMILES string of the molecule is CCC1(COCCC2CCC3C=CCC3C2)COC1. The lowest BCUT2D eigenvalue weighted by Gasteiger charge is -2.40. The van der Waals surface area contributed by atoms with E-state index in [1.54, 1.807) is 0 Å². The molecule has 1 saturated carbocycles. The lowest BCUT2D eigenvalue weighted by atomic mass is 9.74. The van der Waals surface area contributed by atoms with Crippen molar-refractivity contribution < 1.29 is 9.47 Å². The van der Waals surface area contributed by atoms with Gasteiger partial charge in [0, 0.05) is 12.0 Å². The third kappa shape index (κ3) is 3.05. The third-order valence-electron chi connectivity index (χ3n) is 5.62. The zero-order chi connectivity index (χ0) is 13.1. The van der Waals surface area contributed by atoms with E-state index in [1.807, 2.05) is 0 Å². The Balaban J connectivity index is 1.32. The van der Waals surface area contributed by atoms with Crippen LogP contribution in [-0.2, 0) is 9.47 Å². The van der Waals surface area contributed by atoms with E-state index in [4.69, 9.17) is 9.47 Å². The largest absolute Gasteiger partial charge is 0.381 e. The van der Waals surface area contributed by atoms with E-state index in [0.29, 0.717) is 5.41 Å². The van der Waals surface area contributed by atoms with Gasteiger partial charge in [0.25, 0.3) is 0 Å². The van der Waals surface area contributed by atoms with E-state index in [1.165, 1.54) is 38.5 Å². The predicted octanol–water partition coefficient (Wildman–Crippen LogP) is 3.81. The van der Waals surface area contributed by atoms with Crippen LogP contribution >= 0.6 is 0 Å². The number of ether oxygens (including phenoxy) is 2. The molecule has 3 atom stereocenters. The molecule has 0 radical (unpaired) electrons. The smallest absolute Gasteiger partial charge is 0.0566 e. The summed E-state index contributed by atoms with van der Waals surface area (Å²) in [6, 6.07) is 0. The molecule has 3 aliphatic rings. The molecule has 1 heterocycles. The lowest BCUT2D eigenvalue weighted by molar-refractivity contribution is -0.151. The molecule has 2 nitrogen and oxygen atoms in total. The Labute approximate surface area is 117 Å². The van der Waals surface area contributed by atoms with Crippen LogP contribution in [0.4, 0.5) is 0 Å². The molecule has 0 bridgehead atoms. The summed E-state index contributed by atoms with van der Waals surface area (Å²) in [6.45, 7) is 5.92. The Morgan fingerprint density at radius 1 is 1.32 bits per heavy atom. The molecule has 2 aliphatic carbocycles. The van der Waals surface area contributed by atoms with Gasteiger partial charge in [0.2, 0.25) is 0 Å². The topological polar surface area (TPSA) is 18.5 Å². The van der Waals surface area contributed by atoms with Crippen LogP contribution in [0.2, 0.25) is 0 Å². The molecule has 0 N–H and O–H groups in total. The highest BCUT2D eigenvalue weighted by molar-refractivity contribution is 5.03. The summed E-state index contributed by atoms with van der Waals surface area (Å²) in [5.41, 5.74) is 0.354. The van der Waals surface area contributed by atoms with Crippen LogP contribution in [-0.4, -0.2) is 26.4 Å². The van der Waals surface area contributed by atoms with E-state index in [0.717, 1.165) is 44.2 Å². The summed E-state index contributed by atoms with van der Waals surface area (Å²) in [6.07, 6.45) is 12.9. The van der Waals surface area contributed by atoms with Gasteiger partial charge in [0.1, 0.15) is 0 Å². The maximum Gasteiger partial charge on any atom is 0.0566 e. The Morgan fingerprint density at radius 2 is 2.21 bits per heavy atom. The van der Waals surface area contributed by atoms with Gasteiger partial charge in [-0.25, -0.2) is 0 Å². The van der Waals surface area contributed by atoms with Crippen LogP contribution in [0.5, 0.6) is 0 Å². The highest BCUT2D eigenvalue weighted by atomic mass is 16.5. The number of rotatable bonds is 6. The highest BCUT2D eigenvalue weighted by Crippen LogP contribution is 2.41. The summed E-state index contributed by atoms with van der Waals surface area (Å²) >= 11 is 0. The highest BCUT2D eigenvalue weighted by Gasteiger charge is 2.37. The molecule has 0 amide bonds. The van der Waals surface area contributed by atoms with Gasteiger partial charge < -0.3 is 9.47 Å². The minimum atomic E-state index is 0.354. The first kappa shape index (κ1) is 13.6. The maximum atomic E-state index is 5.95. The second-order valence-electron chi connectivity index (χ2n) is 6.95. The van der Waals surface area contributed by atoms with Crippen molar-refractivity contribution in [3.63, 3.8) is 0 Å². The summed E-state index contributed by atoms with van der Waals surface area (Å²) in [5, 5.41) is 0. The third-order valence-corrected chi connectivity index (χ3v) is 5.62. The molecule has 3 rings (SSSR count). The van der Waals surface area contributed by atoms with Gasteiger partial charge in [0.15, 0.2) is 0 Å². The summed E-state index contributed by atoms with van der Waals surface area (Å²) < 4.78 is 11.3. The fourth-order valence-electron chi connectivity index (χ4n) is 3.92. The molecule has 3 unspecified atom stereocenters. The van der Waals surface area contributed by atoms with E-state index >= 15 is 0 Å². The van der Waals surface area contributed by atoms with Crippen LogP contribution in [0.1, 0.15) is 45.4 Å². The van der Waals surface area contributed by atoms with Gasteiger partial charge >= 0.3 is 0 Å². The molecule has 1 saturated heterocycles. The van der Waals surface area contributed by atoms with E-state index in [-0.39, 0.29) is 0 Å². The molecule has 2 fully saturated rings. The Kier molecular flexibility index (Phi) is 4.28. The van der Waals surface area contributed by atoms with Crippen molar-refractivity contribution >= 4 is 0 Å². The molecule has 1 aliphatic heterocycles. The van der Waals surface area contributed by atoms with Gasteiger partial charge in [-0.15, -0.1) is 0 Å². The monoisotopic (exact) mass is 264 g/mol. The van der Waals surface area contributed by atoms with Crippen molar-refractivity contribution in [3.05, 3.63) is 12.2 Å². The number of hydrogen-bond acceptors (Lipinski definition) is 2. The molecule has 2 heteroatoms. The molecule has 0 aromatic heterocycles. The first-order valence-corrected chi connectivity index (χ1v) is 8.13. The normalized spacial score (nSPS) is 35.9. The average Bonchev–Trinajstić information content (AvgIpc) is 2.84. The fourth-order valence-corrected chi connectivity index (χ4v) is 3.92. The minimum absolute atomic E-state index is 0.354. The second kappa shape index (κ2) is 5.97. The van der Waals surface area contributed by atoms with Crippen molar-refractivity contribution in [3.8, 4) is 0 Å². The van der Waals surface area contributed by atoms with Crippen molar-refractivity contribution in [2.75, 3.05) is 26.4 Å². The van der Waals surface area contributed by atoms with Crippen LogP contribution in [0.25, 0.3) is 0 Å². The summed E-state index contributed by atoms with van der Waals surface area (Å²) in [4.78, 5) is 0. The number of fused-ring (bicyclic) bond motifs is 1.